The summed E-state index contributed by atoms with van der Waals surface area (Å²) >= 11 is 0. The van der Waals surface area contributed by atoms with Crippen molar-refractivity contribution in [1.29, 1.82) is 0 Å². The summed E-state index contributed by atoms with van der Waals surface area (Å²) < 4.78 is 0. The number of H-pyrrole nitrogens is 1. The molecule has 7 heteroatoms. The normalized spacial score (nSPS) is 14.2. The van der Waals surface area contributed by atoms with Gasteiger partial charge < -0.3 is 5.32 Å². The highest BCUT2D eigenvalue weighted by atomic mass is 16.2. The standard InChI is InChI=1S/C22H23N5O2/c1-14(23-17-9-5-8-16(13-17)20-24-15(2)25-26-20)7-6-12-27-21(28)18-10-3-4-11-19(18)22(27)29/h3-5,8-11,13-14,23H,6-7,12H2,1-2H3,(H,24,25,26)/t14-/m1/s1. The Hall–Kier alpha value is -3.48. The molecule has 0 bridgehead atoms. The number of carbonyl (C=O) groups is 2. The van der Waals surface area contributed by atoms with Crippen molar-refractivity contribution < 1.29 is 9.59 Å². The van der Waals surface area contributed by atoms with Gasteiger partial charge in [-0.1, -0.05) is 24.3 Å². The largest absolute Gasteiger partial charge is 0.383 e. The molecule has 1 aliphatic heterocycles. The van der Waals surface area contributed by atoms with Crippen LogP contribution >= 0.6 is 0 Å². The van der Waals surface area contributed by atoms with Gasteiger partial charge in [-0.15, -0.1) is 0 Å². The number of aromatic nitrogens is 3. The number of aryl methyl sites for hydroxylation is 1. The van der Waals surface area contributed by atoms with E-state index < -0.39 is 0 Å². The third-order valence-corrected chi connectivity index (χ3v) is 5.03. The topological polar surface area (TPSA) is 91.0 Å². The van der Waals surface area contributed by atoms with Gasteiger partial charge in [0.25, 0.3) is 11.8 Å². The van der Waals surface area contributed by atoms with E-state index >= 15 is 0 Å². The summed E-state index contributed by atoms with van der Waals surface area (Å²) in [5.41, 5.74) is 2.93. The quantitative estimate of drug-likeness (QED) is 0.602. The predicted octanol–water partition coefficient (Wildman–Crippen LogP) is 3.66. The van der Waals surface area contributed by atoms with Crippen LogP contribution in [-0.2, 0) is 0 Å². The molecule has 4 rings (SSSR count). The van der Waals surface area contributed by atoms with Crippen molar-refractivity contribution in [3.8, 4) is 11.4 Å². The van der Waals surface area contributed by atoms with Crippen molar-refractivity contribution in [1.82, 2.24) is 20.1 Å². The molecular weight excluding hydrogens is 366 g/mol. The van der Waals surface area contributed by atoms with Crippen LogP contribution in [0.15, 0.2) is 48.5 Å². The lowest BCUT2D eigenvalue weighted by Crippen LogP contribution is -2.31. The maximum Gasteiger partial charge on any atom is 0.261 e. The molecule has 2 heterocycles. The lowest BCUT2D eigenvalue weighted by Gasteiger charge is -2.18. The van der Waals surface area contributed by atoms with E-state index in [0.29, 0.717) is 23.5 Å². The SMILES string of the molecule is Cc1nc(-c2cccc(N[C@H](C)CCCN3C(=O)c4ccccc4C3=O)c2)n[nH]1. The number of hydrogen-bond donors (Lipinski definition) is 2. The second-order valence-corrected chi connectivity index (χ2v) is 7.32. The number of aromatic amines is 1. The van der Waals surface area contributed by atoms with E-state index in [0.717, 1.165) is 29.9 Å². The summed E-state index contributed by atoms with van der Waals surface area (Å²) in [6, 6.07) is 15.1. The predicted molar refractivity (Wildman–Crippen MR) is 111 cm³/mol. The number of amides is 2. The molecule has 29 heavy (non-hydrogen) atoms. The van der Waals surface area contributed by atoms with E-state index in [2.05, 4.69) is 27.4 Å². The molecule has 7 nitrogen and oxygen atoms in total. The number of carbonyl (C=O) groups excluding carboxylic acids is 2. The first-order valence-electron chi connectivity index (χ1n) is 9.74. The van der Waals surface area contributed by atoms with E-state index in [9.17, 15) is 9.59 Å². The van der Waals surface area contributed by atoms with Gasteiger partial charge in [-0.25, -0.2) is 4.98 Å². The van der Waals surface area contributed by atoms with Crippen molar-refractivity contribution in [2.45, 2.75) is 32.7 Å². The van der Waals surface area contributed by atoms with Crippen LogP contribution in [0.3, 0.4) is 0 Å². The highest BCUT2D eigenvalue weighted by molar-refractivity contribution is 6.21. The molecule has 1 aromatic heterocycles. The zero-order valence-electron chi connectivity index (χ0n) is 16.5. The van der Waals surface area contributed by atoms with Crippen LogP contribution in [0.25, 0.3) is 11.4 Å². The van der Waals surface area contributed by atoms with Crippen LogP contribution in [0.2, 0.25) is 0 Å². The molecule has 1 atom stereocenters. The Morgan fingerprint density at radius 2 is 1.79 bits per heavy atom. The maximum absolute atomic E-state index is 12.4. The maximum atomic E-state index is 12.4. The third kappa shape index (κ3) is 3.89. The molecule has 2 amide bonds. The summed E-state index contributed by atoms with van der Waals surface area (Å²) in [5, 5.41) is 10.5. The Morgan fingerprint density at radius 1 is 1.07 bits per heavy atom. The first-order chi connectivity index (χ1) is 14.0. The van der Waals surface area contributed by atoms with Crippen molar-refractivity contribution in [2.24, 2.45) is 0 Å². The van der Waals surface area contributed by atoms with E-state index in [-0.39, 0.29) is 17.9 Å². The monoisotopic (exact) mass is 389 g/mol. The molecule has 0 fully saturated rings. The number of nitrogens with one attached hydrogen (secondary N) is 2. The molecule has 1 aliphatic rings. The molecule has 0 unspecified atom stereocenters. The fourth-order valence-electron chi connectivity index (χ4n) is 3.57. The first-order valence-corrected chi connectivity index (χ1v) is 9.74. The lowest BCUT2D eigenvalue weighted by atomic mass is 10.1. The fraction of sp³-hybridized carbons (Fsp3) is 0.273. The van der Waals surface area contributed by atoms with E-state index in [1.807, 2.05) is 31.2 Å². The molecule has 0 saturated heterocycles. The Bertz CT molecular complexity index is 1020. The number of imide groups is 1. The molecule has 148 valence electrons. The highest BCUT2D eigenvalue weighted by Crippen LogP contribution is 2.23. The Balaban J connectivity index is 1.32. The van der Waals surface area contributed by atoms with Gasteiger partial charge >= 0.3 is 0 Å². The van der Waals surface area contributed by atoms with Gasteiger partial charge in [0.15, 0.2) is 5.82 Å². The van der Waals surface area contributed by atoms with Gasteiger partial charge in [0, 0.05) is 23.8 Å². The third-order valence-electron chi connectivity index (χ3n) is 5.03. The van der Waals surface area contributed by atoms with Gasteiger partial charge in [-0.2, -0.15) is 5.10 Å². The molecular formula is C22H23N5O2. The minimum atomic E-state index is -0.194. The van der Waals surface area contributed by atoms with Gasteiger partial charge in [-0.3, -0.25) is 19.6 Å². The summed E-state index contributed by atoms with van der Waals surface area (Å²) in [5.74, 6) is 1.06. The molecule has 2 aromatic carbocycles. The zero-order chi connectivity index (χ0) is 20.4. The van der Waals surface area contributed by atoms with Crippen LogP contribution in [0, 0.1) is 6.92 Å². The first kappa shape index (κ1) is 18.9. The number of fused-ring (bicyclic) bond motifs is 1. The Labute approximate surface area is 169 Å². The van der Waals surface area contributed by atoms with E-state index in [4.69, 9.17) is 0 Å². The summed E-state index contributed by atoms with van der Waals surface area (Å²) in [7, 11) is 0. The highest BCUT2D eigenvalue weighted by Gasteiger charge is 2.34. The lowest BCUT2D eigenvalue weighted by molar-refractivity contribution is 0.0651. The van der Waals surface area contributed by atoms with Crippen molar-refractivity contribution in [2.75, 3.05) is 11.9 Å². The summed E-state index contributed by atoms with van der Waals surface area (Å²) in [6.45, 7) is 4.38. The Morgan fingerprint density at radius 3 is 2.45 bits per heavy atom. The smallest absolute Gasteiger partial charge is 0.261 e. The van der Waals surface area contributed by atoms with Gasteiger partial charge in [-0.05, 0) is 51.0 Å². The van der Waals surface area contributed by atoms with Crippen LogP contribution in [0.1, 0.15) is 46.3 Å². The number of rotatable bonds is 7. The molecule has 0 saturated carbocycles. The minimum Gasteiger partial charge on any atom is -0.383 e. The van der Waals surface area contributed by atoms with E-state index in [1.165, 1.54) is 4.90 Å². The fourth-order valence-corrected chi connectivity index (χ4v) is 3.57. The molecule has 2 N–H and O–H groups in total. The average Bonchev–Trinajstić information content (AvgIpc) is 3.26. The molecule has 0 aliphatic carbocycles. The summed E-state index contributed by atoms with van der Waals surface area (Å²) in [6.07, 6.45) is 1.57. The van der Waals surface area contributed by atoms with Gasteiger partial charge in [0.05, 0.1) is 11.1 Å². The second-order valence-electron chi connectivity index (χ2n) is 7.32. The van der Waals surface area contributed by atoms with Crippen molar-refractivity contribution in [3.05, 3.63) is 65.5 Å². The average molecular weight is 389 g/mol. The number of nitrogens with zero attached hydrogens (tertiary/aromatic N) is 3. The van der Waals surface area contributed by atoms with Crippen molar-refractivity contribution in [3.63, 3.8) is 0 Å². The Kier molecular flexibility index (Phi) is 5.12. The van der Waals surface area contributed by atoms with Gasteiger partial charge in [0.1, 0.15) is 5.82 Å². The van der Waals surface area contributed by atoms with Gasteiger partial charge in [0.2, 0.25) is 0 Å². The second kappa shape index (κ2) is 7.87. The van der Waals surface area contributed by atoms with E-state index in [1.54, 1.807) is 24.3 Å². The van der Waals surface area contributed by atoms with Crippen molar-refractivity contribution >= 4 is 17.5 Å². The van der Waals surface area contributed by atoms with Crippen LogP contribution in [0.5, 0.6) is 0 Å². The number of benzene rings is 2. The minimum absolute atomic E-state index is 0.189. The summed E-state index contributed by atoms with van der Waals surface area (Å²) in [4.78, 5) is 30.6. The zero-order valence-corrected chi connectivity index (χ0v) is 16.5. The number of hydrogen-bond acceptors (Lipinski definition) is 5. The molecule has 3 aromatic rings. The van der Waals surface area contributed by atoms with Crippen LogP contribution < -0.4 is 5.32 Å². The number of anilines is 1. The molecule has 0 spiro atoms. The molecule has 0 radical (unpaired) electrons. The van der Waals surface area contributed by atoms with Crippen LogP contribution in [-0.4, -0.2) is 44.5 Å². The van der Waals surface area contributed by atoms with Crippen LogP contribution in [0.4, 0.5) is 5.69 Å².